The summed E-state index contributed by atoms with van der Waals surface area (Å²) in [6.07, 6.45) is 0.326. The Morgan fingerprint density at radius 3 is 2.43 bits per heavy atom. The first-order valence-electron chi connectivity index (χ1n) is 7.28. The molecule has 4 nitrogen and oxygen atoms in total. The van der Waals surface area contributed by atoms with Crippen molar-refractivity contribution in [2.75, 3.05) is 0 Å². The molecule has 0 fully saturated rings. The van der Waals surface area contributed by atoms with Crippen LogP contribution in [0, 0.1) is 6.92 Å². The second-order valence-electron chi connectivity index (χ2n) is 5.61. The zero-order chi connectivity index (χ0) is 16.6. The van der Waals surface area contributed by atoms with Crippen molar-refractivity contribution in [2.24, 2.45) is 3.77 Å². The van der Waals surface area contributed by atoms with Crippen LogP contribution in [0.25, 0.3) is 0 Å². The number of carbonyl (C=O) groups excluding carboxylic acids is 1. The van der Waals surface area contributed by atoms with Crippen molar-refractivity contribution in [2.45, 2.75) is 35.3 Å². The number of fused-ring (bicyclic) bond motifs is 1. The summed E-state index contributed by atoms with van der Waals surface area (Å²) in [6.45, 7) is 3.78. The topological polar surface area (TPSA) is 63.6 Å². The van der Waals surface area contributed by atoms with E-state index >= 15 is 0 Å². The number of carbonyl (C=O) groups is 1. The Kier molecular flexibility index (Phi) is 4.21. The lowest BCUT2D eigenvalue weighted by Crippen LogP contribution is -2.25. The summed E-state index contributed by atoms with van der Waals surface area (Å²) in [6, 6.07) is 13.8. The number of aryl methyl sites for hydroxylation is 1. The van der Waals surface area contributed by atoms with Crippen molar-refractivity contribution in [1.82, 2.24) is 0 Å². The van der Waals surface area contributed by atoms with Gasteiger partial charge in [-0.15, -0.1) is 3.77 Å². The van der Waals surface area contributed by atoms with E-state index in [1.165, 1.54) is 0 Å². The molecule has 6 heteroatoms. The van der Waals surface area contributed by atoms with Crippen molar-refractivity contribution in [3.63, 3.8) is 0 Å². The number of benzene rings is 2. The van der Waals surface area contributed by atoms with Gasteiger partial charge in [0.15, 0.2) is 5.78 Å². The first-order valence-corrected chi connectivity index (χ1v) is 9.97. The number of nitrogens with zero attached hydrogens (tertiary/aromatic N) is 1. The Bertz CT molecular complexity index is 900. The molecule has 0 aliphatic carbocycles. The van der Waals surface area contributed by atoms with E-state index in [2.05, 4.69) is 3.77 Å². The molecule has 0 radical (unpaired) electrons. The molecule has 0 spiro atoms. The second-order valence-corrected chi connectivity index (χ2v) is 9.50. The molecule has 120 valence electrons. The minimum absolute atomic E-state index is 0.0554. The van der Waals surface area contributed by atoms with E-state index in [-0.39, 0.29) is 15.9 Å². The molecule has 2 aromatic rings. The predicted octanol–water partition coefficient (Wildman–Crippen LogP) is 3.52. The van der Waals surface area contributed by atoms with E-state index in [1.54, 1.807) is 42.5 Å². The lowest BCUT2D eigenvalue weighted by molar-refractivity contribution is 0.0977. The maximum atomic E-state index is 12.6. The maximum absolute atomic E-state index is 12.6. The summed E-state index contributed by atoms with van der Waals surface area (Å²) < 4.78 is 29.4. The van der Waals surface area contributed by atoms with Crippen molar-refractivity contribution in [3.05, 3.63) is 59.7 Å². The highest BCUT2D eigenvalue weighted by atomic mass is 32.3. The summed E-state index contributed by atoms with van der Waals surface area (Å²) in [5, 5.41) is -0.113. The molecule has 3 rings (SSSR count). The summed E-state index contributed by atoms with van der Waals surface area (Å²) in [5.74, 6) is 0.0554. The molecule has 1 aliphatic rings. The van der Waals surface area contributed by atoms with Crippen LogP contribution in [0.2, 0.25) is 0 Å². The van der Waals surface area contributed by atoms with E-state index in [1.807, 2.05) is 19.9 Å². The molecule has 0 saturated carbocycles. The number of rotatable bonds is 2. The summed E-state index contributed by atoms with van der Waals surface area (Å²) in [7, 11) is -4.59. The molecule has 0 N–H and O–H groups in total. The molecule has 23 heavy (non-hydrogen) atoms. The molecule has 0 bridgehead atoms. The van der Waals surface area contributed by atoms with Gasteiger partial charge >= 0.3 is 0 Å². The molecular formula is C17H17NO3S2. The van der Waals surface area contributed by atoms with E-state index in [4.69, 9.17) is 0 Å². The van der Waals surface area contributed by atoms with Crippen molar-refractivity contribution < 1.29 is 13.2 Å². The highest BCUT2D eigenvalue weighted by Crippen LogP contribution is 2.29. The van der Waals surface area contributed by atoms with Gasteiger partial charge in [-0.3, -0.25) is 4.79 Å². The quantitative estimate of drug-likeness (QED) is 0.835. The van der Waals surface area contributed by atoms with Crippen LogP contribution in [0.1, 0.15) is 29.3 Å². The Hall–Kier alpha value is -1.79. The van der Waals surface area contributed by atoms with Crippen LogP contribution in [0.15, 0.2) is 62.1 Å². The molecular weight excluding hydrogens is 330 g/mol. The van der Waals surface area contributed by atoms with Crippen LogP contribution in [-0.2, 0) is 20.7 Å². The van der Waals surface area contributed by atoms with Gasteiger partial charge in [0, 0.05) is 22.1 Å². The standard InChI is InChI=1S/C17H17NO3S2/c1-12-7-9-14(10-8-12)23(20,21)18-22-13(2)11-16(19)15-5-3-4-6-17(15)22/h3-10,13H,11H2,1-2H3. The molecule has 1 heterocycles. The van der Waals surface area contributed by atoms with Gasteiger partial charge in [0.05, 0.1) is 4.90 Å². The Morgan fingerprint density at radius 2 is 1.74 bits per heavy atom. The normalized spacial score (nSPS) is 21.2. The second kappa shape index (κ2) is 6.02. The van der Waals surface area contributed by atoms with Crippen molar-refractivity contribution in [3.8, 4) is 0 Å². The third kappa shape index (κ3) is 3.14. The van der Waals surface area contributed by atoms with Gasteiger partial charge in [0.2, 0.25) is 0 Å². The first-order chi connectivity index (χ1) is 10.9. The fourth-order valence-electron chi connectivity index (χ4n) is 2.52. The predicted molar refractivity (Wildman–Crippen MR) is 91.3 cm³/mol. The molecule has 2 unspecified atom stereocenters. The fourth-order valence-corrected chi connectivity index (χ4v) is 6.47. The molecule has 2 aromatic carbocycles. The highest BCUT2D eigenvalue weighted by molar-refractivity contribution is 8.00. The molecule has 1 aliphatic heterocycles. The van der Waals surface area contributed by atoms with Crippen LogP contribution in [-0.4, -0.2) is 19.5 Å². The van der Waals surface area contributed by atoms with Crippen molar-refractivity contribution >= 4 is 26.5 Å². The first kappa shape index (κ1) is 16.1. The van der Waals surface area contributed by atoms with E-state index in [0.717, 1.165) is 10.5 Å². The van der Waals surface area contributed by atoms with Gasteiger partial charge in [0.25, 0.3) is 10.0 Å². The lowest BCUT2D eigenvalue weighted by atomic mass is 10.1. The third-order valence-electron chi connectivity index (χ3n) is 3.76. The van der Waals surface area contributed by atoms with Crippen LogP contribution < -0.4 is 0 Å². The fraction of sp³-hybridized carbons (Fsp3) is 0.235. The average Bonchev–Trinajstić information content (AvgIpc) is 2.52. The maximum Gasteiger partial charge on any atom is 0.288 e. The molecule has 0 saturated heterocycles. The van der Waals surface area contributed by atoms with Gasteiger partial charge < -0.3 is 0 Å². The van der Waals surface area contributed by atoms with Crippen LogP contribution in [0.5, 0.6) is 0 Å². The smallest absolute Gasteiger partial charge is 0.288 e. The molecule has 0 aromatic heterocycles. The lowest BCUT2D eigenvalue weighted by Gasteiger charge is -2.23. The molecule has 0 amide bonds. The summed E-state index contributed by atoms with van der Waals surface area (Å²) >= 11 is 0. The average molecular weight is 347 g/mol. The number of sulfonamides is 1. The van der Waals surface area contributed by atoms with Gasteiger partial charge in [-0.25, -0.2) is 0 Å². The zero-order valence-electron chi connectivity index (χ0n) is 12.9. The van der Waals surface area contributed by atoms with Gasteiger partial charge in [-0.05, 0) is 35.8 Å². The number of hydrogen-bond donors (Lipinski definition) is 0. The molecule has 2 atom stereocenters. The van der Waals surface area contributed by atoms with E-state index in [0.29, 0.717) is 12.0 Å². The van der Waals surface area contributed by atoms with Crippen LogP contribution in [0.4, 0.5) is 0 Å². The van der Waals surface area contributed by atoms with E-state index < -0.39 is 20.7 Å². The summed E-state index contributed by atoms with van der Waals surface area (Å²) in [5.41, 5.74) is 1.59. The Labute approximate surface area is 138 Å². The van der Waals surface area contributed by atoms with Gasteiger partial charge in [-0.1, -0.05) is 42.8 Å². The number of Topliss-reactive ketones (excluding diaryl/α,β-unsaturated/α-hetero) is 1. The largest absolute Gasteiger partial charge is 0.294 e. The van der Waals surface area contributed by atoms with Crippen LogP contribution >= 0.6 is 0 Å². The number of hydrogen-bond acceptors (Lipinski definition) is 3. The van der Waals surface area contributed by atoms with Crippen molar-refractivity contribution in [1.29, 1.82) is 0 Å². The Balaban J connectivity index is 2.13. The highest BCUT2D eigenvalue weighted by Gasteiger charge is 2.28. The monoisotopic (exact) mass is 347 g/mol. The van der Waals surface area contributed by atoms with Gasteiger partial charge in [0.1, 0.15) is 0 Å². The SMILES string of the molecule is Cc1ccc(S(=O)(=O)/N=S2\c3ccccc3C(=O)CC2C)cc1. The summed E-state index contributed by atoms with van der Waals surface area (Å²) in [4.78, 5) is 13.0. The van der Waals surface area contributed by atoms with Crippen LogP contribution in [0.3, 0.4) is 0 Å². The zero-order valence-corrected chi connectivity index (χ0v) is 14.5. The number of ketones is 1. The minimum Gasteiger partial charge on any atom is -0.294 e. The van der Waals surface area contributed by atoms with E-state index in [9.17, 15) is 13.2 Å². The third-order valence-corrected chi connectivity index (χ3v) is 7.79. The Morgan fingerprint density at radius 1 is 1.09 bits per heavy atom. The minimum atomic E-state index is -3.74. The van der Waals surface area contributed by atoms with Gasteiger partial charge in [-0.2, -0.15) is 8.42 Å².